The molecule has 0 unspecified atom stereocenters. The summed E-state index contributed by atoms with van der Waals surface area (Å²) in [6.07, 6.45) is 0.959. The predicted molar refractivity (Wildman–Crippen MR) is 93.5 cm³/mol. The monoisotopic (exact) mass is 350 g/mol. The molecule has 5 N–H and O–H groups in total. The molecular formula is C13H24Cl2N6O. The number of nitrogens with zero attached hydrogens (tertiary/aromatic N) is 3. The van der Waals surface area contributed by atoms with Crippen LogP contribution >= 0.6 is 24.8 Å². The van der Waals surface area contributed by atoms with E-state index in [-0.39, 0.29) is 42.8 Å². The van der Waals surface area contributed by atoms with Gasteiger partial charge in [0.05, 0.1) is 6.04 Å². The van der Waals surface area contributed by atoms with Crippen LogP contribution in [0.25, 0.3) is 0 Å². The molecule has 1 aromatic heterocycles. The lowest BCUT2D eigenvalue weighted by Crippen LogP contribution is -2.37. The highest BCUT2D eigenvalue weighted by molar-refractivity contribution is 5.85. The lowest BCUT2D eigenvalue weighted by Gasteiger charge is -2.31. The van der Waals surface area contributed by atoms with E-state index in [0.717, 1.165) is 25.3 Å². The van der Waals surface area contributed by atoms with E-state index in [0.29, 0.717) is 24.1 Å². The second-order valence-electron chi connectivity index (χ2n) is 5.88. The van der Waals surface area contributed by atoms with Crippen LogP contribution in [0.15, 0.2) is 0 Å². The molecule has 2 aliphatic rings. The number of halogens is 2. The maximum atomic E-state index is 5.97. The number of aromatic nitrogens is 2. The molecule has 1 fully saturated rings. The fourth-order valence-electron chi connectivity index (χ4n) is 2.63. The fraction of sp³-hybridized carbons (Fsp3) is 0.692. The molecule has 2 aliphatic heterocycles. The van der Waals surface area contributed by atoms with Gasteiger partial charge in [-0.2, -0.15) is 9.97 Å². The summed E-state index contributed by atoms with van der Waals surface area (Å²) in [4.78, 5) is 10.7. The molecule has 0 amide bonds. The van der Waals surface area contributed by atoms with Gasteiger partial charge in [0.1, 0.15) is 6.61 Å². The van der Waals surface area contributed by atoms with E-state index in [1.807, 2.05) is 0 Å². The Hall–Kier alpha value is -1.18. The van der Waals surface area contributed by atoms with E-state index >= 15 is 0 Å². The van der Waals surface area contributed by atoms with E-state index in [1.165, 1.54) is 0 Å². The Morgan fingerprint density at radius 3 is 2.64 bits per heavy atom. The number of rotatable bonds is 2. The Bertz CT molecular complexity index is 516. The molecule has 2 atom stereocenters. The molecule has 1 aromatic rings. The van der Waals surface area contributed by atoms with Crippen molar-refractivity contribution in [3.05, 3.63) is 0 Å². The van der Waals surface area contributed by atoms with E-state index < -0.39 is 0 Å². The highest BCUT2D eigenvalue weighted by Gasteiger charge is 2.30. The molecule has 0 saturated carbocycles. The first kappa shape index (κ1) is 18.9. The SMILES string of the molecule is CC(C)[C@@H]1COc2c(nc(N)nc2N2CC[C@@H](N)C2)N1.Cl.Cl. The van der Waals surface area contributed by atoms with Gasteiger partial charge < -0.3 is 26.4 Å². The van der Waals surface area contributed by atoms with Gasteiger partial charge in [-0.05, 0) is 12.3 Å². The van der Waals surface area contributed by atoms with E-state index in [4.69, 9.17) is 16.2 Å². The van der Waals surface area contributed by atoms with Gasteiger partial charge in [-0.3, -0.25) is 0 Å². The quantitative estimate of drug-likeness (QED) is 0.737. The van der Waals surface area contributed by atoms with Crippen LogP contribution < -0.4 is 26.4 Å². The minimum atomic E-state index is 0. The first-order valence-corrected chi connectivity index (χ1v) is 7.12. The summed E-state index contributed by atoms with van der Waals surface area (Å²) in [6.45, 7) is 6.57. The molecule has 3 heterocycles. The Labute approximate surface area is 143 Å². The first-order valence-electron chi connectivity index (χ1n) is 7.12. The van der Waals surface area contributed by atoms with Crippen LogP contribution in [-0.4, -0.2) is 41.7 Å². The summed E-state index contributed by atoms with van der Waals surface area (Å²) >= 11 is 0. The summed E-state index contributed by atoms with van der Waals surface area (Å²) in [5, 5.41) is 3.40. The Balaban J connectivity index is 0.00000121. The molecular weight excluding hydrogens is 327 g/mol. The molecule has 0 aromatic carbocycles. The highest BCUT2D eigenvalue weighted by atomic mass is 35.5. The average molecular weight is 351 g/mol. The summed E-state index contributed by atoms with van der Waals surface area (Å²) in [7, 11) is 0. The van der Waals surface area contributed by atoms with E-state index in [9.17, 15) is 0 Å². The minimum Gasteiger partial charge on any atom is -0.484 e. The Kier molecular flexibility index (Phi) is 6.34. The summed E-state index contributed by atoms with van der Waals surface area (Å²) < 4.78 is 5.91. The normalized spacial score (nSPS) is 23.0. The molecule has 1 saturated heterocycles. The van der Waals surface area contributed by atoms with Crippen molar-refractivity contribution < 1.29 is 4.74 Å². The standard InChI is InChI=1S/C13H22N6O.2ClH/c1-7(2)9-6-20-10-11(16-9)17-13(15)18-12(10)19-4-3-8(14)5-19;;/h7-9H,3-6,14H2,1-2H3,(H3,15,16,17,18);2*1H/t8-,9+;;/m1../s1. The summed E-state index contributed by atoms with van der Waals surface area (Å²) in [5.41, 5.74) is 11.8. The van der Waals surface area contributed by atoms with Crippen LogP contribution in [0, 0.1) is 5.92 Å². The van der Waals surface area contributed by atoms with Crippen molar-refractivity contribution >= 4 is 42.4 Å². The zero-order chi connectivity index (χ0) is 14.3. The van der Waals surface area contributed by atoms with Crippen molar-refractivity contribution in [2.45, 2.75) is 32.4 Å². The Morgan fingerprint density at radius 1 is 1.32 bits per heavy atom. The fourth-order valence-corrected chi connectivity index (χ4v) is 2.63. The molecule has 0 bridgehead atoms. The van der Waals surface area contributed by atoms with Crippen molar-refractivity contribution in [2.24, 2.45) is 11.7 Å². The third-order valence-corrected chi connectivity index (χ3v) is 3.92. The largest absolute Gasteiger partial charge is 0.484 e. The van der Waals surface area contributed by atoms with Crippen molar-refractivity contribution in [2.75, 3.05) is 35.6 Å². The lowest BCUT2D eigenvalue weighted by atomic mass is 10.0. The average Bonchev–Trinajstić information content (AvgIpc) is 2.83. The highest BCUT2D eigenvalue weighted by Crippen LogP contribution is 2.38. The van der Waals surface area contributed by atoms with Gasteiger partial charge in [0.25, 0.3) is 0 Å². The smallest absolute Gasteiger partial charge is 0.224 e. The van der Waals surface area contributed by atoms with Crippen LogP contribution in [-0.2, 0) is 0 Å². The maximum Gasteiger partial charge on any atom is 0.224 e. The van der Waals surface area contributed by atoms with Crippen molar-refractivity contribution in [3.8, 4) is 5.75 Å². The van der Waals surface area contributed by atoms with Crippen LogP contribution in [0.5, 0.6) is 5.75 Å². The second kappa shape index (κ2) is 7.39. The third kappa shape index (κ3) is 3.59. The van der Waals surface area contributed by atoms with Crippen molar-refractivity contribution in [1.29, 1.82) is 0 Å². The summed E-state index contributed by atoms with van der Waals surface area (Å²) in [6, 6.07) is 0.423. The van der Waals surface area contributed by atoms with Crippen LogP contribution in [0.4, 0.5) is 17.6 Å². The molecule has 0 aliphatic carbocycles. The molecule has 9 heteroatoms. The van der Waals surface area contributed by atoms with Gasteiger partial charge >= 0.3 is 0 Å². The zero-order valence-corrected chi connectivity index (χ0v) is 14.4. The van der Waals surface area contributed by atoms with Crippen LogP contribution in [0.2, 0.25) is 0 Å². The first-order chi connectivity index (χ1) is 9.54. The zero-order valence-electron chi connectivity index (χ0n) is 12.8. The molecule has 0 spiro atoms. The Morgan fingerprint density at radius 2 is 2.05 bits per heavy atom. The lowest BCUT2D eigenvalue weighted by molar-refractivity contribution is 0.255. The van der Waals surface area contributed by atoms with Gasteiger partial charge in [-0.25, -0.2) is 0 Å². The van der Waals surface area contributed by atoms with Crippen LogP contribution in [0.3, 0.4) is 0 Å². The number of fused-ring (bicyclic) bond motifs is 1. The number of hydrogen-bond acceptors (Lipinski definition) is 7. The van der Waals surface area contributed by atoms with Gasteiger partial charge in [0.15, 0.2) is 11.6 Å². The molecule has 22 heavy (non-hydrogen) atoms. The number of anilines is 3. The number of nitrogen functional groups attached to an aromatic ring is 1. The predicted octanol–water partition coefficient (Wildman–Crippen LogP) is 1.27. The second-order valence-corrected chi connectivity index (χ2v) is 5.88. The molecule has 126 valence electrons. The minimum absolute atomic E-state index is 0. The third-order valence-electron chi connectivity index (χ3n) is 3.92. The number of nitrogens with one attached hydrogen (secondary N) is 1. The van der Waals surface area contributed by atoms with Gasteiger partial charge in [-0.1, -0.05) is 13.8 Å². The van der Waals surface area contributed by atoms with Crippen molar-refractivity contribution in [1.82, 2.24) is 9.97 Å². The van der Waals surface area contributed by atoms with Crippen molar-refractivity contribution in [3.63, 3.8) is 0 Å². The number of nitrogens with two attached hydrogens (primary N) is 2. The van der Waals surface area contributed by atoms with E-state index in [1.54, 1.807) is 0 Å². The van der Waals surface area contributed by atoms with Gasteiger partial charge in [0.2, 0.25) is 11.7 Å². The summed E-state index contributed by atoms with van der Waals surface area (Å²) in [5.74, 6) is 2.88. The molecule has 7 nitrogen and oxygen atoms in total. The van der Waals surface area contributed by atoms with Crippen LogP contribution in [0.1, 0.15) is 20.3 Å². The van der Waals surface area contributed by atoms with E-state index in [2.05, 4.69) is 34.0 Å². The molecule has 0 radical (unpaired) electrons. The number of ether oxygens (including phenoxy) is 1. The topological polar surface area (TPSA) is 102 Å². The van der Waals surface area contributed by atoms with Gasteiger partial charge in [-0.15, -0.1) is 24.8 Å². The maximum absolute atomic E-state index is 5.97. The molecule has 3 rings (SSSR count). The number of hydrogen-bond donors (Lipinski definition) is 3. The van der Waals surface area contributed by atoms with Gasteiger partial charge in [0, 0.05) is 19.1 Å².